The van der Waals surface area contributed by atoms with E-state index in [-0.39, 0.29) is 41.5 Å². The number of hydrogen-bond donors (Lipinski definition) is 0. The first kappa shape index (κ1) is 14.2. The van der Waals surface area contributed by atoms with Gasteiger partial charge in [-0.1, -0.05) is 0 Å². The van der Waals surface area contributed by atoms with Crippen LogP contribution in [0.3, 0.4) is 0 Å². The zero-order valence-corrected chi connectivity index (χ0v) is 10.6. The third-order valence-electron chi connectivity index (χ3n) is 2.71. The molecule has 0 aromatic carbocycles. The number of nitrogens with zero attached hydrogens (tertiary/aromatic N) is 2. The van der Waals surface area contributed by atoms with Crippen molar-refractivity contribution in [2.45, 2.75) is 25.8 Å². The molecule has 1 aliphatic heterocycles. The number of carboxylic acids is 1. The van der Waals surface area contributed by atoms with Crippen molar-refractivity contribution in [3.8, 4) is 0 Å². The number of amides is 1. The molecule has 1 amide bonds. The van der Waals surface area contributed by atoms with E-state index in [9.17, 15) is 14.7 Å². The van der Waals surface area contributed by atoms with Crippen LogP contribution >= 0.6 is 11.3 Å². The number of aromatic carboxylic acids is 1. The molecule has 0 saturated carbocycles. The minimum atomic E-state index is -1.33. The number of rotatable bonds is 2. The van der Waals surface area contributed by atoms with Gasteiger partial charge in [-0.3, -0.25) is 4.79 Å². The Hall–Kier alpha value is -0.833. The summed E-state index contributed by atoms with van der Waals surface area (Å²) in [4.78, 5) is 28.0. The molecule has 1 atom stereocenters. The predicted molar refractivity (Wildman–Crippen MR) is 56.2 cm³/mol. The summed E-state index contributed by atoms with van der Waals surface area (Å²) in [5, 5.41) is 11.9. The average molecular weight is 246 g/mol. The van der Waals surface area contributed by atoms with Crippen molar-refractivity contribution in [3.63, 3.8) is 0 Å². The molecule has 0 spiro atoms. The van der Waals surface area contributed by atoms with Crippen LogP contribution in [0.15, 0.2) is 5.38 Å². The molecule has 2 rings (SSSR count). The maximum absolute atomic E-state index is 12.0. The van der Waals surface area contributed by atoms with Crippen molar-refractivity contribution >= 4 is 23.2 Å². The van der Waals surface area contributed by atoms with E-state index in [1.54, 1.807) is 4.90 Å². The van der Waals surface area contributed by atoms with E-state index in [0.29, 0.717) is 0 Å². The molecule has 1 aromatic heterocycles. The Bertz CT molecular complexity index is 435. The normalized spacial score (nSPS) is 18.9. The van der Waals surface area contributed by atoms with Gasteiger partial charge >= 0.3 is 18.9 Å². The Balaban J connectivity index is 0.00000144. The number of aromatic nitrogens is 1. The van der Waals surface area contributed by atoms with E-state index < -0.39 is 5.97 Å². The maximum atomic E-state index is 12.0. The first-order chi connectivity index (χ1) is 7.59. The summed E-state index contributed by atoms with van der Waals surface area (Å²) < 4.78 is 0. The SMILES string of the molecule is C[C@H]1CCCN1C(=O)c1csc(C(=O)[O-])n1.[Li+]. The van der Waals surface area contributed by atoms with Gasteiger partial charge in [-0.05, 0) is 19.8 Å². The van der Waals surface area contributed by atoms with Gasteiger partial charge in [-0.2, -0.15) is 0 Å². The van der Waals surface area contributed by atoms with Crippen LogP contribution in [0.1, 0.15) is 40.1 Å². The largest absolute Gasteiger partial charge is 1.00 e. The van der Waals surface area contributed by atoms with Crippen molar-refractivity contribution in [1.82, 2.24) is 9.88 Å². The van der Waals surface area contributed by atoms with Gasteiger partial charge in [0, 0.05) is 18.0 Å². The molecule has 0 bridgehead atoms. The van der Waals surface area contributed by atoms with E-state index in [4.69, 9.17) is 0 Å². The third kappa shape index (κ3) is 2.89. The molecule has 1 fully saturated rings. The van der Waals surface area contributed by atoms with Gasteiger partial charge in [-0.15, -0.1) is 11.3 Å². The standard InChI is InChI=1S/C10H12N2O3S.Li/c1-6-3-2-4-12(6)9(13)7-5-16-8(11-7)10(14)15;/h5-6H,2-4H2,1H3,(H,14,15);/q;+1/p-1/t6-;/m0./s1. The van der Waals surface area contributed by atoms with Gasteiger partial charge in [0.25, 0.3) is 5.91 Å². The van der Waals surface area contributed by atoms with Crippen molar-refractivity contribution in [2.24, 2.45) is 0 Å². The zero-order valence-electron chi connectivity index (χ0n) is 9.80. The number of likely N-dealkylation sites (tertiary alicyclic amines) is 1. The molecule has 5 nitrogen and oxygen atoms in total. The van der Waals surface area contributed by atoms with Crippen LogP contribution in [0.5, 0.6) is 0 Å². The quantitative estimate of drug-likeness (QED) is 0.526. The van der Waals surface area contributed by atoms with Crippen molar-refractivity contribution < 1.29 is 33.6 Å². The Morgan fingerprint density at radius 3 is 2.76 bits per heavy atom. The van der Waals surface area contributed by atoms with E-state index in [2.05, 4.69) is 4.98 Å². The monoisotopic (exact) mass is 246 g/mol. The molecule has 17 heavy (non-hydrogen) atoms. The van der Waals surface area contributed by atoms with Crippen LogP contribution in [-0.2, 0) is 0 Å². The first-order valence-corrected chi connectivity index (χ1v) is 5.95. The fourth-order valence-electron chi connectivity index (χ4n) is 1.85. The van der Waals surface area contributed by atoms with E-state index in [1.165, 1.54) is 5.38 Å². The Kier molecular flexibility index (Phi) is 4.75. The summed E-state index contributed by atoms with van der Waals surface area (Å²) in [7, 11) is 0. The van der Waals surface area contributed by atoms with Gasteiger partial charge in [0.05, 0.1) is 0 Å². The Morgan fingerprint density at radius 1 is 1.59 bits per heavy atom. The predicted octanol–water partition coefficient (Wildman–Crippen LogP) is -2.86. The molecule has 2 heterocycles. The first-order valence-electron chi connectivity index (χ1n) is 5.07. The molecular weight excluding hydrogens is 235 g/mol. The van der Waals surface area contributed by atoms with Crippen LogP contribution in [0, 0.1) is 0 Å². The van der Waals surface area contributed by atoms with Crippen LogP contribution in [-0.4, -0.2) is 34.3 Å². The molecule has 1 aromatic rings. The fraction of sp³-hybridized carbons (Fsp3) is 0.500. The number of hydrogen-bond acceptors (Lipinski definition) is 5. The smallest absolute Gasteiger partial charge is 0.542 e. The maximum Gasteiger partial charge on any atom is 1.00 e. The van der Waals surface area contributed by atoms with E-state index in [0.717, 1.165) is 30.7 Å². The van der Waals surface area contributed by atoms with Crippen LogP contribution in [0.4, 0.5) is 0 Å². The molecule has 1 aliphatic rings. The Morgan fingerprint density at radius 2 is 2.29 bits per heavy atom. The Labute approximate surface area is 115 Å². The molecule has 86 valence electrons. The summed E-state index contributed by atoms with van der Waals surface area (Å²) in [6, 6.07) is 0.209. The van der Waals surface area contributed by atoms with Crippen LogP contribution < -0.4 is 24.0 Å². The van der Waals surface area contributed by atoms with Gasteiger partial charge in [-0.25, -0.2) is 4.98 Å². The zero-order chi connectivity index (χ0) is 11.7. The van der Waals surface area contributed by atoms with Crippen LogP contribution in [0.2, 0.25) is 0 Å². The average Bonchev–Trinajstić information content (AvgIpc) is 2.84. The summed E-state index contributed by atoms with van der Waals surface area (Å²) >= 11 is 0.925. The molecule has 1 saturated heterocycles. The van der Waals surface area contributed by atoms with Crippen molar-refractivity contribution in [1.29, 1.82) is 0 Å². The number of carboxylic acid groups (broad SMARTS) is 1. The van der Waals surface area contributed by atoms with E-state index >= 15 is 0 Å². The molecule has 7 heteroatoms. The van der Waals surface area contributed by atoms with Crippen LogP contribution in [0.25, 0.3) is 0 Å². The third-order valence-corrected chi connectivity index (χ3v) is 3.53. The second-order valence-electron chi connectivity index (χ2n) is 3.82. The molecule has 0 radical (unpaired) electrons. The summed E-state index contributed by atoms with van der Waals surface area (Å²) in [6.07, 6.45) is 1.98. The van der Waals surface area contributed by atoms with Crippen molar-refractivity contribution in [2.75, 3.05) is 6.54 Å². The van der Waals surface area contributed by atoms with Gasteiger partial charge in [0.2, 0.25) is 0 Å². The fourth-order valence-corrected chi connectivity index (χ4v) is 2.47. The van der Waals surface area contributed by atoms with Gasteiger partial charge in [0.1, 0.15) is 16.7 Å². The molecule has 0 aliphatic carbocycles. The molecule has 0 unspecified atom stereocenters. The van der Waals surface area contributed by atoms with Gasteiger partial charge < -0.3 is 14.8 Å². The second-order valence-corrected chi connectivity index (χ2v) is 4.67. The molecular formula is C10H11LiN2O3S. The number of carbonyl (C=O) groups excluding carboxylic acids is 2. The summed E-state index contributed by atoms with van der Waals surface area (Å²) in [5.74, 6) is -1.52. The minimum Gasteiger partial charge on any atom is -0.542 e. The van der Waals surface area contributed by atoms with Crippen molar-refractivity contribution in [3.05, 3.63) is 16.1 Å². The minimum absolute atomic E-state index is 0. The van der Waals surface area contributed by atoms with E-state index in [1.807, 2.05) is 6.92 Å². The summed E-state index contributed by atoms with van der Waals surface area (Å²) in [6.45, 7) is 2.70. The topological polar surface area (TPSA) is 73.3 Å². The number of carbonyl (C=O) groups is 2. The van der Waals surface area contributed by atoms with Gasteiger partial charge in [0.15, 0.2) is 0 Å². The second kappa shape index (κ2) is 5.67. The number of thiazole rings is 1. The summed E-state index contributed by atoms with van der Waals surface area (Å²) in [5.41, 5.74) is 0.206. The molecule has 0 N–H and O–H groups in total.